The molecule has 0 aromatic carbocycles. The number of hydrogen-bond donors (Lipinski definition) is 1. The number of nitrogens with one attached hydrogen (secondary N) is 1. The molecule has 1 atom stereocenters. The Bertz CT molecular complexity index is 440. The predicted molar refractivity (Wildman–Crippen MR) is 73.4 cm³/mol. The van der Waals surface area contributed by atoms with E-state index in [-0.39, 0.29) is 6.04 Å². The van der Waals surface area contributed by atoms with Crippen LogP contribution in [0, 0.1) is 13.8 Å². The Morgan fingerprint density at radius 3 is 2.83 bits per heavy atom. The molecule has 1 aromatic heterocycles. The first-order chi connectivity index (χ1) is 8.72. The molecule has 0 aliphatic carbocycles. The molecule has 18 heavy (non-hydrogen) atoms. The van der Waals surface area contributed by atoms with Crippen molar-refractivity contribution in [2.24, 2.45) is 0 Å². The molecule has 3 nitrogen and oxygen atoms in total. The molecule has 0 bridgehead atoms. The van der Waals surface area contributed by atoms with Gasteiger partial charge in [0.1, 0.15) is 5.76 Å². The van der Waals surface area contributed by atoms with Crippen molar-refractivity contribution in [3.63, 3.8) is 0 Å². The van der Waals surface area contributed by atoms with Gasteiger partial charge in [0.05, 0.1) is 12.6 Å². The van der Waals surface area contributed by atoms with Crippen LogP contribution in [0.15, 0.2) is 24.0 Å². The van der Waals surface area contributed by atoms with E-state index in [0.29, 0.717) is 0 Å². The molecule has 0 saturated carbocycles. The van der Waals surface area contributed by atoms with Crippen molar-refractivity contribution in [2.45, 2.75) is 39.7 Å². The van der Waals surface area contributed by atoms with E-state index in [0.717, 1.165) is 43.1 Å². The summed E-state index contributed by atoms with van der Waals surface area (Å²) in [6.45, 7) is 8.06. The predicted octanol–water partition coefficient (Wildman–Crippen LogP) is 3.04. The highest BCUT2D eigenvalue weighted by Crippen LogP contribution is 2.28. The summed E-state index contributed by atoms with van der Waals surface area (Å²) in [7, 11) is 0. The summed E-state index contributed by atoms with van der Waals surface area (Å²) >= 11 is 0. The SMILES string of the molecule is CCCNC(C1=CCCO1)c1ccc(C)nc1C. The molecule has 0 spiro atoms. The number of pyridine rings is 1. The van der Waals surface area contributed by atoms with Gasteiger partial charge in [-0.1, -0.05) is 13.0 Å². The fourth-order valence-corrected chi connectivity index (χ4v) is 2.29. The van der Waals surface area contributed by atoms with Crippen molar-refractivity contribution in [2.75, 3.05) is 13.2 Å². The van der Waals surface area contributed by atoms with Gasteiger partial charge in [0, 0.05) is 17.8 Å². The van der Waals surface area contributed by atoms with Crippen molar-refractivity contribution >= 4 is 0 Å². The molecule has 0 amide bonds. The number of aromatic nitrogens is 1. The van der Waals surface area contributed by atoms with Gasteiger partial charge in [-0.3, -0.25) is 4.98 Å². The van der Waals surface area contributed by atoms with Crippen LogP contribution < -0.4 is 5.32 Å². The Hall–Kier alpha value is -1.35. The molecule has 1 N–H and O–H groups in total. The first-order valence-electron chi connectivity index (χ1n) is 6.72. The van der Waals surface area contributed by atoms with Crippen LogP contribution in [0.4, 0.5) is 0 Å². The van der Waals surface area contributed by atoms with Crippen LogP contribution in [-0.2, 0) is 4.74 Å². The highest BCUT2D eigenvalue weighted by atomic mass is 16.5. The average molecular weight is 246 g/mol. The lowest BCUT2D eigenvalue weighted by Gasteiger charge is -2.21. The number of aryl methyl sites for hydroxylation is 2. The fourth-order valence-electron chi connectivity index (χ4n) is 2.29. The topological polar surface area (TPSA) is 34.1 Å². The van der Waals surface area contributed by atoms with Crippen LogP contribution in [0.25, 0.3) is 0 Å². The lowest BCUT2D eigenvalue weighted by atomic mass is 10.0. The summed E-state index contributed by atoms with van der Waals surface area (Å²) in [6, 6.07) is 4.38. The Labute approximate surface area is 109 Å². The van der Waals surface area contributed by atoms with Gasteiger partial charge < -0.3 is 10.1 Å². The molecule has 0 saturated heterocycles. The standard InChI is InChI=1S/C15H22N2O/c1-4-9-16-15(14-6-5-10-18-14)13-8-7-11(2)17-12(13)3/h6-8,15-16H,4-5,9-10H2,1-3H3. The van der Waals surface area contributed by atoms with Crippen LogP contribution in [0.5, 0.6) is 0 Å². The van der Waals surface area contributed by atoms with Gasteiger partial charge in [0.25, 0.3) is 0 Å². The van der Waals surface area contributed by atoms with Crippen molar-refractivity contribution in [3.8, 4) is 0 Å². The van der Waals surface area contributed by atoms with Crippen LogP contribution in [0.1, 0.15) is 42.8 Å². The minimum Gasteiger partial charge on any atom is -0.496 e. The minimum absolute atomic E-state index is 0.153. The lowest BCUT2D eigenvalue weighted by Crippen LogP contribution is -2.25. The molecule has 0 radical (unpaired) electrons. The highest BCUT2D eigenvalue weighted by molar-refractivity contribution is 5.31. The number of nitrogens with zero attached hydrogens (tertiary/aromatic N) is 1. The van der Waals surface area contributed by atoms with Crippen molar-refractivity contribution in [1.82, 2.24) is 10.3 Å². The van der Waals surface area contributed by atoms with Crippen molar-refractivity contribution in [1.29, 1.82) is 0 Å². The van der Waals surface area contributed by atoms with Gasteiger partial charge >= 0.3 is 0 Å². The largest absolute Gasteiger partial charge is 0.496 e. The Balaban J connectivity index is 2.26. The molecule has 98 valence electrons. The minimum atomic E-state index is 0.153. The van der Waals surface area contributed by atoms with Gasteiger partial charge in [-0.05, 0) is 44.5 Å². The highest BCUT2D eigenvalue weighted by Gasteiger charge is 2.22. The zero-order valence-corrected chi connectivity index (χ0v) is 11.5. The van der Waals surface area contributed by atoms with E-state index in [1.165, 1.54) is 5.56 Å². The van der Waals surface area contributed by atoms with E-state index in [2.05, 4.69) is 42.4 Å². The van der Waals surface area contributed by atoms with E-state index < -0.39 is 0 Å². The molecule has 1 unspecified atom stereocenters. The second-order valence-corrected chi connectivity index (χ2v) is 4.76. The smallest absolute Gasteiger partial charge is 0.114 e. The molecule has 0 fully saturated rings. The fraction of sp³-hybridized carbons (Fsp3) is 0.533. The van der Waals surface area contributed by atoms with Gasteiger partial charge in [0.15, 0.2) is 0 Å². The third kappa shape index (κ3) is 2.91. The van der Waals surface area contributed by atoms with E-state index in [1.807, 2.05) is 6.92 Å². The third-order valence-corrected chi connectivity index (χ3v) is 3.19. The van der Waals surface area contributed by atoms with Crippen LogP contribution in [0.2, 0.25) is 0 Å². The van der Waals surface area contributed by atoms with Crippen molar-refractivity contribution in [3.05, 3.63) is 40.9 Å². The Morgan fingerprint density at radius 1 is 1.39 bits per heavy atom. The van der Waals surface area contributed by atoms with E-state index in [1.54, 1.807) is 0 Å². The number of rotatable bonds is 5. The van der Waals surface area contributed by atoms with Crippen LogP contribution in [0.3, 0.4) is 0 Å². The second kappa shape index (κ2) is 6.01. The first kappa shape index (κ1) is 13.1. The second-order valence-electron chi connectivity index (χ2n) is 4.76. The molecule has 3 heteroatoms. The summed E-state index contributed by atoms with van der Waals surface area (Å²) in [6.07, 6.45) is 4.31. The van der Waals surface area contributed by atoms with Gasteiger partial charge in [-0.2, -0.15) is 0 Å². The number of hydrogen-bond acceptors (Lipinski definition) is 3. The quantitative estimate of drug-likeness (QED) is 0.867. The van der Waals surface area contributed by atoms with Gasteiger partial charge in [0.2, 0.25) is 0 Å². The summed E-state index contributed by atoms with van der Waals surface area (Å²) in [5, 5.41) is 3.55. The maximum absolute atomic E-state index is 5.72. The normalized spacial score (nSPS) is 16.3. The van der Waals surface area contributed by atoms with E-state index >= 15 is 0 Å². The molecule has 1 aliphatic heterocycles. The van der Waals surface area contributed by atoms with Crippen LogP contribution in [-0.4, -0.2) is 18.1 Å². The van der Waals surface area contributed by atoms with Gasteiger partial charge in [-0.25, -0.2) is 0 Å². The first-order valence-corrected chi connectivity index (χ1v) is 6.72. The van der Waals surface area contributed by atoms with Gasteiger partial charge in [-0.15, -0.1) is 0 Å². The molecule has 1 aromatic rings. The summed E-state index contributed by atoms with van der Waals surface area (Å²) in [5.41, 5.74) is 3.37. The van der Waals surface area contributed by atoms with Crippen molar-refractivity contribution < 1.29 is 4.74 Å². The Morgan fingerprint density at radius 2 is 2.22 bits per heavy atom. The third-order valence-electron chi connectivity index (χ3n) is 3.19. The maximum atomic E-state index is 5.72. The molecular weight excluding hydrogens is 224 g/mol. The molecule has 2 rings (SSSR count). The zero-order chi connectivity index (χ0) is 13.0. The lowest BCUT2D eigenvalue weighted by molar-refractivity contribution is 0.215. The summed E-state index contributed by atoms with van der Waals surface area (Å²) < 4.78 is 5.72. The van der Waals surface area contributed by atoms with E-state index in [4.69, 9.17) is 4.74 Å². The number of ether oxygens (including phenoxy) is 1. The molecule has 2 heterocycles. The Kier molecular flexibility index (Phi) is 4.37. The zero-order valence-electron chi connectivity index (χ0n) is 11.5. The van der Waals surface area contributed by atoms with Crippen LogP contribution >= 0.6 is 0 Å². The average Bonchev–Trinajstić information content (AvgIpc) is 2.85. The molecular formula is C15H22N2O. The van der Waals surface area contributed by atoms with E-state index in [9.17, 15) is 0 Å². The summed E-state index contributed by atoms with van der Waals surface area (Å²) in [4.78, 5) is 4.55. The monoisotopic (exact) mass is 246 g/mol. The summed E-state index contributed by atoms with van der Waals surface area (Å²) in [5.74, 6) is 1.05. The maximum Gasteiger partial charge on any atom is 0.114 e. The molecule has 1 aliphatic rings.